The van der Waals surface area contributed by atoms with E-state index in [1.54, 1.807) is 0 Å². The molecular formula is C54H32BN3OS. The Morgan fingerprint density at radius 2 is 0.883 bits per heavy atom. The van der Waals surface area contributed by atoms with Crippen molar-refractivity contribution in [3.63, 3.8) is 0 Å². The summed E-state index contributed by atoms with van der Waals surface area (Å²) in [5, 5.41) is -2.65. The average molecular weight is 813 g/mol. The maximum absolute atomic E-state index is 10.5. The van der Waals surface area contributed by atoms with E-state index in [1.165, 1.54) is 0 Å². The van der Waals surface area contributed by atoms with Gasteiger partial charge in [0.05, 0.1) is 81.3 Å². The van der Waals surface area contributed by atoms with Gasteiger partial charge in [-0.25, -0.2) is 0 Å². The fourth-order valence-electron chi connectivity index (χ4n) is 8.20. The van der Waals surface area contributed by atoms with Crippen molar-refractivity contribution in [3.8, 4) is 39.7 Å². The van der Waals surface area contributed by atoms with Crippen LogP contribution < -0.4 is 15.7 Å². The SMILES string of the molecule is [2H]c1c([2H])c([2H])c2c(c1[2H])SB1c3c([2H])c(-n4c5c([2H])c([2H])c([2H])c([2H])c5c5c([2H])c([2H])c([2H])c([2H])c54)c([2H])c([2H])c3Oc3c([2H])c(-n4c5cc(-n6c7c([2H])c([2H])c([2H])c([2H])c7c7c([2H])c([2H])c([2H])c([2H])c76)c([2H])c([2H])c5c5c([2H])c([2H])c([2H])c([2H])c54)c([2H])c-2c31. The van der Waals surface area contributed by atoms with Crippen LogP contribution in [0, 0.1) is 0 Å². The van der Waals surface area contributed by atoms with Gasteiger partial charge in [0, 0.05) is 54.6 Å². The van der Waals surface area contributed by atoms with Crippen molar-refractivity contribution < 1.29 is 47.2 Å². The Kier molecular flexibility index (Phi) is 3.02. The smallest absolute Gasteiger partial charge is 0.289 e. The monoisotopic (exact) mass is 812 g/mol. The number of rotatable bonds is 3. The molecule has 0 fully saturated rings. The molecule has 0 saturated heterocycles. The molecule has 9 aromatic carbocycles. The highest BCUT2D eigenvalue weighted by atomic mass is 32.2. The van der Waals surface area contributed by atoms with Gasteiger partial charge in [-0.2, -0.15) is 11.6 Å². The van der Waals surface area contributed by atoms with Gasteiger partial charge in [0.25, 0.3) is 5.99 Å². The second kappa shape index (κ2) is 12.1. The van der Waals surface area contributed by atoms with E-state index in [1.807, 2.05) is 0 Å². The molecule has 0 saturated carbocycles. The number of hydrogen-bond donors (Lipinski definition) is 0. The summed E-state index contributed by atoms with van der Waals surface area (Å²) in [6.45, 7) is 0. The summed E-state index contributed by atoms with van der Waals surface area (Å²) in [7, 11) is 0. The second-order valence-electron chi connectivity index (χ2n) is 13.7. The molecule has 0 N–H and O–H groups in total. The maximum Gasteiger partial charge on any atom is 0.289 e. The van der Waals surface area contributed by atoms with Crippen LogP contribution in [0.5, 0.6) is 11.5 Å². The zero-order chi connectivity index (χ0) is 66.0. The Morgan fingerprint density at radius 1 is 0.400 bits per heavy atom. The summed E-state index contributed by atoms with van der Waals surface area (Å²) in [6, 6.07) is -24.4. The van der Waals surface area contributed by atoms with Crippen molar-refractivity contribution in [3.05, 3.63) is 193 Å². The van der Waals surface area contributed by atoms with Crippen molar-refractivity contribution in [1.29, 1.82) is 0 Å². The molecule has 0 unspecified atom stereocenters. The topological polar surface area (TPSA) is 24.0 Å². The van der Waals surface area contributed by atoms with E-state index >= 15 is 0 Å². The Labute approximate surface area is 393 Å². The number of ether oxygens (including phenoxy) is 1. The second-order valence-corrected chi connectivity index (χ2v) is 14.8. The number of nitrogens with zero attached hydrogens (tertiary/aromatic N) is 3. The van der Waals surface area contributed by atoms with Crippen LogP contribution in [0.25, 0.3) is 93.6 Å². The highest BCUT2D eigenvalue weighted by Gasteiger charge is 2.39. The van der Waals surface area contributed by atoms with Crippen molar-refractivity contribution >= 4 is 93.9 Å². The molecule has 0 spiro atoms. The summed E-state index contributed by atoms with van der Waals surface area (Å²) < 4.78 is 294. The number of hydrogen-bond acceptors (Lipinski definition) is 2. The predicted molar refractivity (Wildman–Crippen MR) is 252 cm³/mol. The van der Waals surface area contributed by atoms with Crippen LogP contribution in [0.4, 0.5) is 0 Å². The van der Waals surface area contributed by atoms with Gasteiger partial charge in [0.2, 0.25) is 0 Å². The van der Waals surface area contributed by atoms with Gasteiger partial charge in [-0.15, -0.1) is 0 Å². The minimum absolute atomic E-state index is 0.275. The van der Waals surface area contributed by atoms with E-state index in [0.29, 0.717) is 11.6 Å². The number of aromatic nitrogens is 3. The van der Waals surface area contributed by atoms with Gasteiger partial charge in [-0.3, -0.25) is 0 Å². The fraction of sp³-hybridized carbons (Fsp3) is 0. The van der Waals surface area contributed by atoms with E-state index in [9.17, 15) is 17.8 Å². The lowest BCUT2D eigenvalue weighted by Gasteiger charge is -2.33. The first-order valence-electron chi connectivity index (χ1n) is 33.5. The summed E-state index contributed by atoms with van der Waals surface area (Å²) >= 11 is 0.643. The van der Waals surface area contributed by atoms with Crippen LogP contribution in [0.3, 0.4) is 0 Å². The Morgan fingerprint density at radius 3 is 1.48 bits per heavy atom. The molecule has 60 heavy (non-hydrogen) atoms. The summed E-state index contributed by atoms with van der Waals surface area (Å²) in [5.74, 6) is -2.91. The number of benzene rings is 9. The van der Waals surface area contributed by atoms with Crippen LogP contribution in [0.2, 0.25) is 0 Å². The van der Waals surface area contributed by atoms with E-state index in [2.05, 4.69) is 0 Å². The Bertz CT molecular complexity index is 5490. The standard InChI is InChI=1S/C54H32BN3OS/c1-7-19-45-36(13-1)37-14-2-8-20-46(37)56(45)33-26-28-51-44(30-33)55-54-43(42-18-6-12-24-53(42)60-55)29-35(32-52(54)59-51)58-49-23-11-5-17-40(49)41-27-25-34(31-50(41)58)57-47-21-9-3-15-38(47)39-16-4-10-22-48(39)57/h1-32H/i1D,2D,3D,4D,5D,6D,7D,8D,9D,10D,11D,12D,13D,14D,15D,16D,17D,18D,19D,20D,21D,22D,23D,24D,25D,26D,27D,28D,29D,30D,32D. The summed E-state index contributed by atoms with van der Waals surface area (Å²) in [4.78, 5) is -0.304. The van der Waals surface area contributed by atoms with Gasteiger partial charge in [0.1, 0.15) is 11.5 Å². The van der Waals surface area contributed by atoms with Crippen molar-refractivity contribution in [1.82, 2.24) is 13.7 Å². The van der Waals surface area contributed by atoms with Gasteiger partial charge in [-0.1, -0.05) is 115 Å². The quantitative estimate of drug-likeness (QED) is 0.166. The molecule has 0 aliphatic carbocycles. The molecule has 14 rings (SSSR count). The van der Waals surface area contributed by atoms with E-state index in [4.69, 9.17) is 29.4 Å². The van der Waals surface area contributed by atoms with Crippen molar-refractivity contribution in [2.45, 2.75) is 4.90 Å². The largest absolute Gasteiger partial charge is 0.458 e. The molecule has 2 aliphatic heterocycles. The van der Waals surface area contributed by atoms with E-state index < -0.39 is 304 Å². The molecule has 0 atom stereocenters. The maximum atomic E-state index is 10.5. The molecule has 4 nitrogen and oxygen atoms in total. The zero-order valence-electron chi connectivity index (χ0n) is 60.8. The number of para-hydroxylation sites is 5. The van der Waals surface area contributed by atoms with Gasteiger partial charge in [-0.05, 0) is 94.6 Å². The third-order valence-electron chi connectivity index (χ3n) is 10.6. The fourth-order valence-corrected chi connectivity index (χ4v) is 9.44. The van der Waals surface area contributed by atoms with Crippen LogP contribution in [-0.2, 0) is 0 Å². The van der Waals surface area contributed by atoms with E-state index in [-0.39, 0.29) is 10.4 Å². The molecule has 5 heterocycles. The molecule has 12 aromatic rings. The van der Waals surface area contributed by atoms with Crippen molar-refractivity contribution in [2.75, 3.05) is 0 Å². The van der Waals surface area contributed by atoms with Gasteiger partial charge >= 0.3 is 0 Å². The van der Waals surface area contributed by atoms with Crippen LogP contribution in [0.15, 0.2) is 198 Å². The predicted octanol–water partition coefficient (Wildman–Crippen LogP) is 13.0. The molecule has 6 heteroatoms. The third-order valence-corrected chi connectivity index (χ3v) is 11.9. The molecular weight excluding hydrogens is 749 g/mol. The highest BCUT2D eigenvalue weighted by molar-refractivity contribution is 8.28. The molecule has 278 valence electrons. The first-order chi connectivity index (χ1) is 42.7. The van der Waals surface area contributed by atoms with Crippen LogP contribution in [-0.4, -0.2) is 19.7 Å². The lowest BCUT2D eigenvalue weighted by atomic mass is 9.57. The van der Waals surface area contributed by atoms with E-state index in [0.717, 1.165) is 19.8 Å². The highest BCUT2D eigenvalue weighted by Crippen LogP contribution is 2.46. The minimum Gasteiger partial charge on any atom is -0.458 e. The Balaban J connectivity index is 1.16. The van der Waals surface area contributed by atoms with Crippen molar-refractivity contribution in [2.24, 2.45) is 0 Å². The van der Waals surface area contributed by atoms with Gasteiger partial charge < -0.3 is 18.4 Å². The lowest BCUT2D eigenvalue weighted by molar-refractivity contribution is 0.487. The van der Waals surface area contributed by atoms with Crippen LogP contribution >= 0.6 is 11.6 Å². The summed E-state index contributed by atoms with van der Waals surface area (Å²) in [6.07, 6.45) is 0. The van der Waals surface area contributed by atoms with Crippen LogP contribution in [0.1, 0.15) is 42.5 Å². The number of fused-ring (bicyclic) bond motifs is 13. The first-order valence-corrected chi connectivity index (χ1v) is 18.9. The zero-order valence-corrected chi connectivity index (χ0v) is 30.6. The average Bonchev–Trinajstić information content (AvgIpc) is 1.69. The molecule has 3 aromatic heterocycles. The normalized spacial score (nSPS) is 20.3. The Hall–Kier alpha value is -7.41. The molecule has 0 amide bonds. The minimum atomic E-state index is -1.61. The third kappa shape index (κ3) is 4.38. The van der Waals surface area contributed by atoms with Gasteiger partial charge in [0.15, 0.2) is 0 Å². The molecule has 0 radical (unpaired) electrons. The molecule has 2 aliphatic rings. The first kappa shape index (κ1) is 15.0. The summed E-state index contributed by atoms with van der Waals surface area (Å²) in [5.41, 5.74) is -6.59. The lowest BCUT2D eigenvalue weighted by Crippen LogP contribution is -2.46. The molecule has 0 bridgehead atoms.